The molecule has 0 atom stereocenters. The van der Waals surface area contributed by atoms with Crippen molar-refractivity contribution in [1.29, 1.82) is 0 Å². The Bertz CT molecular complexity index is 1200. The van der Waals surface area contributed by atoms with Crippen molar-refractivity contribution >= 4 is 56.2 Å². The van der Waals surface area contributed by atoms with E-state index < -0.39 is 0 Å². The van der Waals surface area contributed by atoms with Crippen molar-refractivity contribution in [3.05, 3.63) is 63.1 Å². The van der Waals surface area contributed by atoms with Gasteiger partial charge in [0.15, 0.2) is 18.1 Å². The van der Waals surface area contributed by atoms with Gasteiger partial charge < -0.3 is 19.5 Å². The van der Waals surface area contributed by atoms with Crippen molar-refractivity contribution in [1.82, 2.24) is 4.98 Å². The number of hydrogen-bond donors (Lipinski definition) is 2. The number of benzene rings is 2. The predicted octanol–water partition coefficient (Wildman–Crippen LogP) is 4.79. The van der Waals surface area contributed by atoms with Crippen molar-refractivity contribution in [2.24, 2.45) is 5.10 Å². The third kappa shape index (κ3) is 8.08. The molecule has 0 saturated carbocycles. The summed E-state index contributed by atoms with van der Waals surface area (Å²) >= 11 is 4.82. The summed E-state index contributed by atoms with van der Waals surface area (Å²) in [6.45, 7) is 3.90. The molecule has 0 aliphatic carbocycles. The highest BCUT2D eigenvalue weighted by atomic mass is 79.9. The second-order valence-electron chi connectivity index (χ2n) is 7.22. The first kappa shape index (κ1) is 26.2. The Morgan fingerprint density at radius 1 is 1.20 bits per heavy atom. The number of rotatable bonds is 11. The third-order valence-electron chi connectivity index (χ3n) is 4.52. The van der Waals surface area contributed by atoms with E-state index in [2.05, 4.69) is 36.8 Å². The molecule has 0 unspecified atom stereocenters. The maximum absolute atomic E-state index is 12.2. The molecule has 2 aromatic carbocycles. The normalized spacial score (nSPS) is 10.7. The van der Waals surface area contributed by atoms with Gasteiger partial charge in [-0.1, -0.05) is 17.7 Å². The summed E-state index contributed by atoms with van der Waals surface area (Å²) in [6.07, 6.45) is 1.70. The molecule has 0 aliphatic rings. The number of nitrogens with one attached hydrogen (secondary N) is 2. The predicted molar refractivity (Wildman–Crippen MR) is 140 cm³/mol. The molecular weight excluding hydrogens is 536 g/mol. The summed E-state index contributed by atoms with van der Waals surface area (Å²) in [5.41, 5.74) is 5.98. The summed E-state index contributed by atoms with van der Waals surface area (Å²) in [5, 5.41) is 9.31. The third-order valence-corrected chi connectivity index (χ3v) is 6.01. The van der Waals surface area contributed by atoms with Crippen LogP contribution in [0.15, 0.2) is 51.4 Å². The number of hydrazone groups is 1. The van der Waals surface area contributed by atoms with Gasteiger partial charge >= 0.3 is 5.97 Å². The molecule has 3 aromatic rings. The Labute approximate surface area is 215 Å². The smallest absolute Gasteiger partial charge is 0.311 e. The Morgan fingerprint density at radius 2 is 1.97 bits per heavy atom. The first-order valence-electron chi connectivity index (χ1n) is 10.6. The number of aromatic nitrogens is 1. The number of nitrogens with zero attached hydrogens (tertiary/aromatic N) is 2. The number of esters is 1. The molecule has 1 heterocycles. The van der Waals surface area contributed by atoms with E-state index in [1.54, 1.807) is 30.7 Å². The maximum atomic E-state index is 12.2. The minimum atomic E-state index is -0.321. The lowest BCUT2D eigenvalue weighted by atomic mass is 10.2. The van der Waals surface area contributed by atoms with Crippen molar-refractivity contribution in [2.75, 3.05) is 31.1 Å². The number of hydrogen-bond acceptors (Lipinski definition) is 9. The van der Waals surface area contributed by atoms with Crippen LogP contribution >= 0.6 is 27.3 Å². The second-order valence-corrected chi connectivity index (χ2v) is 8.94. The number of thiazole rings is 1. The van der Waals surface area contributed by atoms with Crippen molar-refractivity contribution in [3.8, 4) is 11.5 Å². The first-order valence-corrected chi connectivity index (χ1v) is 12.3. The van der Waals surface area contributed by atoms with Gasteiger partial charge in [0, 0.05) is 21.1 Å². The number of carbonyl (C=O) groups excluding carboxylic acids is 2. The van der Waals surface area contributed by atoms with Gasteiger partial charge in [-0.25, -0.2) is 4.98 Å². The Hall–Kier alpha value is -3.44. The fourth-order valence-corrected chi connectivity index (χ4v) is 3.94. The molecular formula is C24H25BrN4O5S. The number of carbonyl (C=O) groups is 2. The Balaban J connectivity index is 1.58. The van der Waals surface area contributed by atoms with Crippen LogP contribution in [0.25, 0.3) is 0 Å². The lowest BCUT2D eigenvalue weighted by Crippen LogP contribution is -2.20. The molecule has 3 rings (SSSR count). The summed E-state index contributed by atoms with van der Waals surface area (Å²) < 4.78 is 16.7. The van der Waals surface area contributed by atoms with Crippen LogP contribution in [0.5, 0.6) is 11.5 Å². The number of amides is 1. The zero-order valence-electron chi connectivity index (χ0n) is 19.5. The summed E-state index contributed by atoms with van der Waals surface area (Å²) in [5.74, 6) is 0.252. The van der Waals surface area contributed by atoms with Gasteiger partial charge in [0.2, 0.25) is 5.13 Å². The lowest BCUT2D eigenvalue weighted by molar-refractivity contribution is -0.142. The Morgan fingerprint density at radius 3 is 2.69 bits per heavy atom. The van der Waals surface area contributed by atoms with Crippen LogP contribution in [0.2, 0.25) is 0 Å². The van der Waals surface area contributed by atoms with Crippen LogP contribution in [-0.2, 0) is 20.7 Å². The fraction of sp³-hybridized carbons (Fsp3) is 0.250. The van der Waals surface area contributed by atoms with E-state index >= 15 is 0 Å². The van der Waals surface area contributed by atoms with E-state index in [0.29, 0.717) is 44.7 Å². The van der Waals surface area contributed by atoms with E-state index in [4.69, 9.17) is 14.2 Å². The molecule has 2 N–H and O–H groups in total. The molecule has 184 valence electrons. The number of methoxy groups -OCH3 is 1. The SMILES string of the molecule is CCOC(=O)Cc1csc(NN=Cc2cc(OC)c(OCC(=O)Nc3ccc(C)cc3)cc2Br)n1. The minimum absolute atomic E-state index is 0.114. The Kier molecular flexibility index (Phi) is 9.62. The standard InChI is InChI=1S/C24H25BrN4O5S/c1-4-33-23(31)10-18-14-35-24(28-18)29-26-12-16-9-20(32-3)21(11-19(16)25)34-13-22(30)27-17-7-5-15(2)6-8-17/h5-9,11-12,14H,4,10,13H2,1-3H3,(H,27,30)(H,28,29). The number of ether oxygens (including phenoxy) is 3. The van der Waals surface area contributed by atoms with E-state index in [9.17, 15) is 9.59 Å². The number of halogens is 1. The minimum Gasteiger partial charge on any atom is -0.493 e. The topological polar surface area (TPSA) is 111 Å². The van der Waals surface area contributed by atoms with Crippen LogP contribution in [-0.4, -0.2) is 43.4 Å². The molecule has 0 spiro atoms. The molecule has 0 radical (unpaired) electrons. The fourth-order valence-electron chi connectivity index (χ4n) is 2.86. The van der Waals surface area contributed by atoms with Crippen LogP contribution in [0.4, 0.5) is 10.8 Å². The van der Waals surface area contributed by atoms with Crippen molar-refractivity contribution < 1.29 is 23.8 Å². The van der Waals surface area contributed by atoms with Gasteiger partial charge in [0.25, 0.3) is 5.91 Å². The first-order chi connectivity index (χ1) is 16.9. The monoisotopic (exact) mass is 560 g/mol. The highest BCUT2D eigenvalue weighted by Gasteiger charge is 2.12. The van der Waals surface area contributed by atoms with Gasteiger partial charge in [-0.05, 0) is 54.0 Å². The highest BCUT2D eigenvalue weighted by Crippen LogP contribution is 2.33. The summed E-state index contributed by atoms with van der Waals surface area (Å²) in [4.78, 5) is 28.1. The van der Waals surface area contributed by atoms with E-state index in [0.717, 1.165) is 5.56 Å². The molecule has 0 fully saturated rings. The van der Waals surface area contributed by atoms with E-state index in [1.165, 1.54) is 18.4 Å². The largest absolute Gasteiger partial charge is 0.493 e. The van der Waals surface area contributed by atoms with Crippen molar-refractivity contribution in [3.63, 3.8) is 0 Å². The molecule has 11 heteroatoms. The number of aryl methyl sites for hydroxylation is 1. The zero-order chi connectivity index (χ0) is 25.2. The maximum Gasteiger partial charge on any atom is 0.311 e. The van der Waals surface area contributed by atoms with Gasteiger partial charge in [0.05, 0.1) is 32.0 Å². The van der Waals surface area contributed by atoms with Gasteiger partial charge in [-0.3, -0.25) is 15.0 Å². The van der Waals surface area contributed by atoms with E-state index in [1.807, 2.05) is 31.2 Å². The van der Waals surface area contributed by atoms with Crippen LogP contribution in [0.1, 0.15) is 23.7 Å². The zero-order valence-corrected chi connectivity index (χ0v) is 21.9. The molecule has 35 heavy (non-hydrogen) atoms. The van der Waals surface area contributed by atoms with Crippen LogP contribution in [0.3, 0.4) is 0 Å². The van der Waals surface area contributed by atoms with Gasteiger partial charge in [-0.15, -0.1) is 11.3 Å². The average molecular weight is 561 g/mol. The summed E-state index contributed by atoms with van der Waals surface area (Å²) in [7, 11) is 1.52. The quantitative estimate of drug-likeness (QED) is 0.197. The lowest BCUT2D eigenvalue weighted by Gasteiger charge is -2.13. The molecule has 0 bridgehead atoms. The molecule has 0 aliphatic heterocycles. The molecule has 0 saturated heterocycles. The average Bonchev–Trinajstić information content (AvgIpc) is 3.27. The van der Waals surface area contributed by atoms with Gasteiger partial charge in [-0.2, -0.15) is 5.10 Å². The van der Waals surface area contributed by atoms with Crippen LogP contribution < -0.4 is 20.2 Å². The molecule has 9 nitrogen and oxygen atoms in total. The van der Waals surface area contributed by atoms with E-state index in [-0.39, 0.29) is 24.9 Å². The summed E-state index contributed by atoms with van der Waals surface area (Å²) in [6, 6.07) is 10.9. The number of anilines is 2. The van der Waals surface area contributed by atoms with Gasteiger partial charge in [0.1, 0.15) is 0 Å². The highest BCUT2D eigenvalue weighted by molar-refractivity contribution is 9.10. The van der Waals surface area contributed by atoms with Crippen LogP contribution in [0, 0.1) is 6.92 Å². The van der Waals surface area contributed by atoms with Crippen molar-refractivity contribution in [2.45, 2.75) is 20.3 Å². The second kappa shape index (κ2) is 12.9. The molecule has 1 amide bonds. The molecule has 1 aromatic heterocycles.